The van der Waals surface area contributed by atoms with Gasteiger partial charge < -0.3 is 14.6 Å². The third-order valence-corrected chi connectivity index (χ3v) is 5.23. The van der Waals surface area contributed by atoms with Crippen molar-refractivity contribution in [1.29, 1.82) is 0 Å². The van der Waals surface area contributed by atoms with Gasteiger partial charge in [0.05, 0.1) is 29.8 Å². The van der Waals surface area contributed by atoms with Gasteiger partial charge in [-0.1, -0.05) is 12.1 Å². The van der Waals surface area contributed by atoms with Crippen LogP contribution in [0.1, 0.15) is 19.7 Å². The van der Waals surface area contributed by atoms with E-state index in [-0.39, 0.29) is 18.0 Å². The van der Waals surface area contributed by atoms with Crippen molar-refractivity contribution in [3.8, 4) is 5.75 Å². The van der Waals surface area contributed by atoms with Crippen LogP contribution < -0.4 is 10.3 Å². The largest absolute Gasteiger partial charge is 0.494 e. The fourth-order valence-corrected chi connectivity index (χ4v) is 3.60. The van der Waals surface area contributed by atoms with Crippen molar-refractivity contribution >= 4 is 28.6 Å². The first kappa shape index (κ1) is 19.9. The molecule has 1 N–H and O–H groups in total. The van der Waals surface area contributed by atoms with Crippen molar-refractivity contribution in [3.05, 3.63) is 64.7 Å². The maximum Gasteiger partial charge on any atom is 0.258 e. The molecule has 0 aliphatic carbocycles. The van der Waals surface area contributed by atoms with E-state index in [0.29, 0.717) is 35.6 Å². The van der Waals surface area contributed by atoms with Gasteiger partial charge in [-0.2, -0.15) is 0 Å². The van der Waals surface area contributed by atoms with Crippen molar-refractivity contribution in [3.63, 3.8) is 0 Å². The Balaban J connectivity index is 1.64. The molecule has 28 heavy (non-hydrogen) atoms. The van der Waals surface area contributed by atoms with Crippen molar-refractivity contribution < 1.29 is 9.53 Å². The number of nitrogens with one attached hydrogen (secondary N) is 1. The summed E-state index contributed by atoms with van der Waals surface area (Å²) in [7, 11) is 0. The number of para-hydroxylation sites is 1. The fourth-order valence-electron chi connectivity index (χ4n) is 2.80. The van der Waals surface area contributed by atoms with Gasteiger partial charge in [-0.05, 0) is 50.2 Å². The van der Waals surface area contributed by atoms with Gasteiger partial charge in [0.2, 0.25) is 5.91 Å². The van der Waals surface area contributed by atoms with Crippen LogP contribution in [-0.4, -0.2) is 39.7 Å². The summed E-state index contributed by atoms with van der Waals surface area (Å²) in [6.07, 6.45) is 0. The normalized spacial score (nSPS) is 10.8. The third-order valence-electron chi connectivity index (χ3n) is 4.23. The predicted octanol–water partition coefficient (Wildman–Crippen LogP) is 3.46. The fraction of sp³-hybridized carbons (Fsp3) is 0.286. The van der Waals surface area contributed by atoms with Gasteiger partial charge in [0.1, 0.15) is 11.6 Å². The molecule has 0 spiro atoms. The zero-order chi connectivity index (χ0) is 19.9. The number of rotatable bonds is 8. The van der Waals surface area contributed by atoms with Gasteiger partial charge in [-0.25, -0.2) is 4.98 Å². The summed E-state index contributed by atoms with van der Waals surface area (Å²) in [6, 6.07) is 14.9. The summed E-state index contributed by atoms with van der Waals surface area (Å²) in [6.45, 7) is 5.30. The molecule has 0 atom stereocenters. The van der Waals surface area contributed by atoms with Crippen LogP contribution in [0.2, 0.25) is 0 Å². The van der Waals surface area contributed by atoms with E-state index in [0.717, 1.165) is 10.6 Å². The monoisotopic (exact) mass is 397 g/mol. The summed E-state index contributed by atoms with van der Waals surface area (Å²) in [5, 5.41) is 0.548. The molecule has 6 nitrogen and oxygen atoms in total. The predicted molar refractivity (Wildman–Crippen MR) is 112 cm³/mol. The number of thioether (sulfide) groups is 1. The second kappa shape index (κ2) is 9.41. The second-order valence-corrected chi connectivity index (χ2v) is 7.18. The smallest absolute Gasteiger partial charge is 0.258 e. The Morgan fingerprint density at radius 3 is 2.61 bits per heavy atom. The van der Waals surface area contributed by atoms with Crippen LogP contribution in [0.15, 0.2) is 58.2 Å². The van der Waals surface area contributed by atoms with Crippen LogP contribution in [0, 0.1) is 0 Å². The molecule has 3 rings (SSSR count). The molecule has 2 aromatic carbocycles. The van der Waals surface area contributed by atoms with E-state index in [4.69, 9.17) is 4.74 Å². The van der Waals surface area contributed by atoms with Gasteiger partial charge in [0, 0.05) is 11.4 Å². The van der Waals surface area contributed by atoms with Crippen LogP contribution in [-0.2, 0) is 11.3 Å². The van der Waals surface area contributed by atoms with E-state index in [1.165, 1.54) is 11.8 Å². The van der Waals surface area contributed by atoms with Crippen molar-refractivity contribution in [2.24, 2.45) is 0 Å². The first-order chi connectivity index (χ1) is 13.6. The van der Waals surface area contributed by atoms with Crippen LogP contribution >= 0.6 is 11.8 Å². The highest BCUT2D eigenvalue weighted by Crippen LogP contribution is 2.22. The molecular weight excluding hydrogens is 374 g/mol. The van der Waals surface area contributed by atoms with E-state index in [1.54, 1.807) is 23.1 Å². The quantitative estimate of drug-likeness (QED) is 0.589. The molecule has 0 unspecified atom stereocenters. The zero-order valence-corrected chi connectivity index (χ0v) is 16.8. The van der Waals surface area contributed by atoms with E-state index in [2.05, 4.69) is 9.97 Å². The van der Waals surface area contributed by atoms with Crippen LogP contribution in [0.25, 0.3) is 10.9 Å². The van der Waals surface area contributed by atoms with Crippen LogP contribution in [0.3, 0.4) is 0 Å². The van der Waals surface area contributed by atoms with Gasteiger partial charge in [0.25, 0.3) is 5.56 Å². The minimum Gasteiger partial charge on any atom is -0.494 e. The topological polar surface area (TPSA) is 75.3 Å². The van der Waals surface area contributed by atoms with Crippen LogP contribution in [0.5, 0.6) is 5.75 Å². The Bertz CT molecular complexity index is 1000. The first-order valence-electron chi connectivity index (χ1n) is 9.22. The molecule has 146 valence electrons. The molecule has 0 fully saturated rings. The van der Waals surface area contributed by atoms with Gasteiger partial charge in [-0.15, -0.1) is 11.8 Å². The van der Waals surface area contributed by atoms with E-state index in [1.807, 2.05) is 44.2 Å². The molecule has 3 aromatic rings. The Kier molecular flexibility index (Phi) is 6.71. The lowest BCUT2D eigenvalue weighted by molar-refractivity contribution is -0.128. The molecule has 1 amide bonds. The average molecular weight is 398 g/mol. The zero-order valence-electron chi connectivity index (χ0n) is 16.0. The number of nitrogens with zero attached hydrogens (tertiary/aromatic N) is 2. The SMILES string of the molecule is CCOc1ccc(SCC(=O)N(CC)Cc2nc3ccccc3c(=O)[nH]2)cc1. The lowest BCUT2D eigenvalue weighted by atomic mass is 10.2. The highest BCUT2D eigenvalue weighted by Gasteiger charge is 2.15. The number of carbonyl (C=O) groups is 1. The minimum absolute atomic E-state index is 0.00260. The molecule has 0 bridgehead atoms. The van der Waals surface area contributed by atoms with E-state index >= 15 is 0 Å². The van der Waals surface area contributed by atoms with Gasteiger partial charge in [-0.3, -0.25) is 9.59 Å². The second-order valence-electron chi connectivity index (χ2n) is 6.13. The Morgan fingerprint density at radius 2 is 1.89 bits per heavy atom. The summed E-state index contributed by atoms with van der Waals surface area (Å²) >= 11 is 1.48. The summed E-state index contributed by atoms with van der Waals surface area (Å²) in [4.78, 5) is 34.8. The average Bonchev–Trinajstić information content (AvgIpc) is 2.71. The molecule has 7 heteroatoms. The molecule has 0 aliphatic heterocycles. The van der Waals surface area contributed by atoms with E-state index in [9.17, 15) is 9.59 Å². The number of aromatic nitrogens is 2. The minimum atomic E-state index is -0.187. The molecule has 0 saturated carbocycles. The Morgan fingerprint density at radius 1 is 1.14 bits per heavy atom. The number of H-pyrrole nitrogens is 1. The number of carbonyl (C=O) groups excluding carboxylic acids is 1. The molecule has 1 aromatic heterocycles. The maximum atomic E-state index is 12.6. The molecule has 0 saturated heterocycles. The number of fused-ring (bicyclic) bond motifs is 1. The number of ether oxygens (including phenoxy) is 1. The number of aromatic amines is 1. The summed E-state index contributed by atoms with van der Waals surface area (Å²) in [5.74, 6) is 1.63. The number of amides is 1. The van der Waals surface area contributed by atoms with Gasteiger partial charge in [0.15, 0.2) is 0 Å². The van der Waals surface area contributed by atoms with Crippen molar-refractivity contribution in [2.75, 3.05) is 18.9 Å². The number of hydrogen-bond acceptors (Lipinski definition) is 5. The lowest BCUT2D eigenvalue weighted by Gasteiger charge is -2.20. The Labute approximate surface area is 167 Å². The highest BCUT2D eigenvalue weighted by atomic mass is 32.2. The van der Waals surface area contributed by atoms with Crippen molar-refractivity contribution in [2.45, 2.75) is 25.3 Å². The molecule has 0 aliphatic rings. The molecular formula is C21H23N3O3S. The van der Waals surface area contributed by atoms with Crippen LogP contribution in [0.4, 0.5) is 0 Å². The van der Waals surface area contributed by atoms with E-state index < -0.39 is 0 Å². The highest BCUT2D eigenvalue weighted by molar-refractivity contribution is 8.00. The summed E-state index contributed by atoms with van der Waals surface area (Å²) in [5.41, 5.74) is 0.446. The van der Waals surface area contributed by atoms with Crippen molar-refractivity contribution in [1.82, 2.24) is 14.9 Å². The maximum absolute atomic E-state index is 12.6. The third kappa shape index (κ3) is 4.92. The number of benzene rings is 2. The molecule has 0 radical (unpaired) electrons. The lowest BCUT2D eigenvalue weighted by Crippen LogP contribution is -2.33. The standard InChI is InChI=1S/C21H23N3O3S/c1-3-24(13-19-22-18-8-6-5-7-17(18)21(26)23-19)20(25)14-28-16-11-9-15(10-12-16)27-4-2/h5-12H,3-4,13-14H2,1-2H3,(H,22,23,26). The Hall–Kier alpha value is -2.80. The van der Waals surface area contributed by atoms with Gasteiger partial charge >= 0.3 is 0 Å². The summed E-state index contributed by atoms with van der Waals surface area (Å²) < 4.78 is 5.43. The first-order valence-corrected chi connectivity index (χ1v) is 10.2. The molecule has 1 heterocycles. The number of hydrogen-bond donors (Lipinski definition) is 1.